The number of nitrogens with one attached hydrogen (secondary N) is 1. The third-order valence-electron chi connectivity index (χ3n) is 4.30. The van der Waals surface area contributed by atoms with E-state index in [4.69, 9.17) is 13.8 Å². The van der Waals surface area contributed by atoms with Crippen LogP contribution < -0.4 is 10.1 Å². The van der Waals surface area contributed by atoms with Crippen LogP contribution in [0.5, 0.6) is 11.5 Å². The number of phenolic OH excluding ortho intramolecular Hbond substituents is 1. The van der Waals surface area contributed by atoms with Crippen molar-refractivity contribution < 1.29 is 23.5 Å². The molecule has 28 heavy (non-hydrogen) atoms. The Balaban J connectivity index is 2.41. The molecule has 1 aromatic heterocycles. The molecule has 1 atom stereocenters. The molecule has 2 N–H and O–H groups in total. The van der Waals surface area contributed by atoms with Gasteiger partial charge in [-0.2, -0.15) is 0 Å². The number of nitrogens with zero attached hydrogens (tertiary/aromatic N) is 1. The van der Waals surface area contributed by atoms with Crippen molar-refractivity contribution in [1.29, 1.82) is 0 Å². The van der Waals surface area contributed by atoms with E-state index in [0.717, 1.165) is 17.1 Å². The molecule has 154 valence electrons. The average Bonchev–Trinajstić information content (AvgIpc) is 2.65. The monoisotopic (exact) mass is 408 g/mol. The highest BCUT2D eigenvalue weighted by Gasteiger charge is 2.37. The molecule has 0 aliphatic rings. The van der Waals surface area contributed by atoms with Gasteiger partial charge in [0.2, 0.25) is 0 Å². The van der Waals surface area contributed by atoms with E-state index in [2.05, 4.69) is 10.3 Å². The van der Waals surface area contributed by atoms with Crippen molar-refractivity contribution in [2.24, 2.45) is 0 Å². The summed E-state index contributed by atoms with van der Waals surface area (Å²) in [7, 11) is -2.01. The number of phenols is 1. The minimum absolute atomic E-state index is 0.0131. The highest BCUT2D eigenvalue weighted by atomic mass is 31.2. The molecule has 0 spiro atoms. The maximum absolute atomic E-state index is 13.6. The van der Waals surface area contributed by atoms with Crippen molar-refractivity contribution in [2.45, 2.75) is 33.4 Å². The van der Waals surface area contributed by atoms with Crippen molar-refractivity contribution in [2.75, 3.05) is 32.2 Å². The van der Waals surface area contributed by atoms with Gasteiger partial charge in [-0.05, 0) is 57.5 Å². The number of rotatable bonds is 10. The smallest absolute Gasteiger partial charge is 0.339 e. The first-order valence-corrected chi connectivity index (χ1v) is 10.9. The van der Waals surface area contributed by atoms with Crippen LogP contribution in [0.25, 0.3) is 0 Å². The number of methoxy groups -OCH3 is 1. The van der Waals surface area contributed by atoms with E-state index in [0.29, 0.717) is 17.9 Å². The van der Waals surface area contributed by atoms with Crippen LogP contribution in [-0.4, -0.2) is 37.0 Å². The highest BCUT2D eigenvalue weighted by Crippen LogP contribution is 2.61. The van der Waals surface area contributed by atoms with Crippen LogP contribution in [0.2, 0.25) is 0 Å². The summed E-state index contributed by atoms with van der Waals surface area (Å²) in [5.41, 5.74) is 2.72. The van der Waals surface area contributed by atoms with Crippen LogP contribution >= 0.6 is 7.60 Å². The zero-order chi connectivity index (χ0) is 20.7. The van der Waals surface area contributed by atoms with Gasteiger partial charge in [0.25, 0.3) is 0 Å². The number of pyridine rings is 1. The van der Waals surface area contributed by atoms with Gasteiger partial charge < -0.3 is 24.2 Å². The molecule has 2 aromatic rings. The fourth-order valence-electron chi connectivity index (χ4n) is 2.97. The lowest BCUT2D eigenvalue weighted by atomic mass is 10.1. The van der Waals surface area contributed by atoms with Gasteiger partial charge in [-0.15, -0.1) is 0 Å². The Hall–Kier alpha value is -2.08. The van der Waals surface area contributed by atoms with Crippen LogP contribution in [0.4, 0.5) is 5.69 Å². The zero-order valence-corrected chi connectivity index (χ0v) is 18.0. The fraction of sp³-hybridized carbons (Fsp3) is 0.450. The summed E-state index contributed by atoms with van der Waals surface area (Å²) in [4.78, 5) is 4.45. The topological polar surface area (TPSA) is 89.9 Å². The molecule has 0 saturated heterocycles. The number of benzene rings is 1. The number of aryl methyl sites for hydroxylation is 2. The van der Waals surface area contributed by atoms with Gasteiger partial charge in [-0.25, -0.2) is 0 Å². The van der Waals surface area contributed by atoms with Gasteiger partial charge in [0.15, 0.2) is 11.5 Å². The first-order valence-electron chi connectivity index (χ1n) is 9.28. The van der Waals surface area contributed by atoms with Gasteiger partial charge in [0.1, 0.15) is 5.66 Å². The minimum Gasteiger partial charge on any atom is -0.504 e. The number of hydrogen-bond donors (Lipinski definition) is 2. The molecule has 0 aliphatic carbocycles. The lowest BCUT2D eigenvalue weighted by Gasteiger charge is -2.27. The number of hydrogen-bond acceptors (Lipinski definition) is 7. The Morgan fingerprint density at radius 3 is 2.39 bits per heavy atom. The standard InChI is InChI=1S/C20H29N2O5P/c1-6-26-28(24,27-7-2)20(16-9-11-18(23)19(12-16)25-5)13-21-17-10-8-14(3)22-15(17)4/h8-12,20-21,23H,6-7,13H2,1-5H3. The number of anilines is 1. The lowest BCUT2D eigenvalue weighted by molar-refractivity contribution is 0.213. The van der Waals surface area contributed by atoms with Crippen LogP contribution in [0.3, 0.4) is 0 Å². The second-order valence-electron chi connectivity index (χ2n) is 6.29. The van der Waals surface area contributed by atoms with Crippen LogP contribution in [0, 0.1) is 13.8 Å². The van der Waals surface area contributed by atoms with E-state index in [1.807, 2.05) is 26.0 Å². The summed E-state index contributed by atoms with van der Waals surface area (Å²) in [6.45, 7) is 8.22. The second-order valence-corrected chi connectivity index (χ2v) is 8.51. The normalized spacial score (nSPS) is 12.6. The number of aromatic hydroxyl groups is 1. The minimum atomic E-state index is -3.48. The van der Waals surface area contributed by atoms with Crippen LogP contribution in [-0.2, 0) is 13.6 Å². The third-order valence-corrected chi connectivity index (χ3v) is 6.78. The molecule has 0 radical (unpaired) electrons. The van der Waals surface area contributed by atoms with Crippen molar-refractivity contribution in [3.05, 3.63) is 47.3 Å². The van der Waals surface area contributed by atoms with Crippen molar-refractivity contribution in [3.8, 4) is 11.5 Å². The molecule has 0 amide bonds. The molecule has 1 unspecified atom stereocenters. The predicted molar refractivity (Wildman–Crippen MR) is 110 cm³/mol. The van der Waals surface area contributed by atoms with E-state index in [1.54, 1.807) is 26.0 Å². The Morgan fingerprint density at radius 2 is 1.82 bits per heavy atom. The second kappa shape index (κ2) is 9.92. The molecule has 8 heteroatoms. The largest absolute Gasteiger partial charge is 0.504 e. The molecule has 0 aliphatic heterocycles. The summed E-state index contributed by atoms with van der Waals surface area (Å²) < 4.78 is 30.0. The zero-order valence-electron chi connectivity index (χ0n) is 17.1. The molecule has 1 heterocycles. The van der Waals surface area contributed by atoms with Crippen LogP contribution in [0.1, 0.15) is 36.5 Å². The van der Waals surface area contributed by atoms with E-state index >= 15 is 0 Å². The summed E-state index contributed by atoms with van der Waals surface area (Å²) in [6, 6.07) is 8.74. The number of aromatic nitrogens is 1. The van der Waals surface area contributed by atoms with E-state index in [1.165, 1.54) is 13.2 Å². The molecule has 1 aromatic carbocycles. The van der Waals surface area contributed by atoms with E-state index in [9.17, 15) is 9.67 Å². The quantitative estimate of drug-likeness (QED) is 0.544. The van der Waals surface area contributed by atoms with Gasteiger partial charge in [-0.1, -0.05) is 6.07 Å². The van der Waals surface area contributed by atoms with Gasteiger partial charge in [0, 0.05) is 12.2 Å². The van der Waals surface area contributed by atoms with Crippen molar-refractivity contribution in [3.63, 3.8) is 0 Å². The molecule has 2 rings (SSSR count). The van der Waals surface area contributed by atoms with E-state index < -0.39 is 13.3 Å². The first kappa shape index (κ1) is 22.2. The highest BCUT2D eigenvalue weighted by molar-refractivity contribution is 7.54. The molecule has 0 fully saturated rings. The SMILES string of the molecule is CCOP(=O)(OCC)C(CNc1ccc(C)nc1C)c1ccc(O)c(OC)c1. The third kappa shape index (κ3) is 5.25. The van der Waals surface area contributed by atoms with Crippen molar-refractivity contribution in [1.82, 2.24) is 4.98 Å². The maximum Gasteiger partial charge on any atom is 0.339 e. The maximum atomic E-state index is 13.6. The summed E-state index contributed by atoms with van der Waals surface area (Å²) in [6.07, 6.45) is 0. The van der Waals surface area contributed by atoms with Gasteiger partial charge in [0.05, 0.1) is 31.7 Å². The Labute approximate surface area is 166 Å². The molecule has 0 bridgehead atoms. The summed E-state index contributed by atoms with van der Waals surface area (Å²) >= 11 is 0. The summed E-state index contributed by atoms with van der Waals surface area (Å²) in [5, 5.41) is 13.2. The van der Waals surface area contributed by atoms with E-state index in [-0.39, 0.29) is 19.0 Å². The molecule has 0 saturated carbocycles. The molecular formula is C20H29N2O5P. The number of ether oxygens (including phenoxy) is 1. The molecule has 7 nitrogen and oxygen atoms in total. The Kier molecular flexibility index (Phi) is 7.87. The molecular weight excluding hydrogens is 379 g/mol. The van der Waals surface area contributed by atoms with Crippen LogP contribution in [0.15, 0.2) is 30.3 Å². The average molecular weight is 408 g/mol. The first-order chi connectivity index (χ1) is 13.3. The fourth-order valence-corrected chi connectivity index (χ4v) is 4.97. The summed E-state index contributed by atoms with van der Waals surface area (Å²) in [5.74, 6) is 0.314. The van der Waals surface area contributed by atoms with Gasteiger partial charge in [-0.3, -0.25) is 9.55 Å². The van der Waals surface area contributed by atoms with Gasteiger partial charge >= 0.3 is 7.60 Å². The Bertz CT molecular complexity index is 833. The lowest BCUT2D eigenvalue weighted by Crippen LogP contribution is -2.17. The predicted octanol–water partition coefficient (Wildman–Crippen LogP) is 4.83. The Morgan fingerprint density at radius 1 is 1.14 bits per heavy atom. The van der Waals surface area contributed by atoms with Crippen molar-refractivity contribution >= 4 is 13.3 Å².